The number of rotatable bonds is 15. The standard InChI is InChI=1S/C18H17ClN4O2S.C16H10ClN3O2S.C12H13NSi.C9H5N.C7H4BrN.C7H13ClN2O3.C7H14N2O3.C7H13NO3/c1-23(2)17(20)12-5-3-11(4-6-12)14-9-13(22-25-14)10-21-18(24)15-7-8-16(19)26-15;1-18-11-4-2-10(3-5-11)13-8-12(20-22-13)9-19-16(21)14-6-7-15(17)23-14;1-13-12-7-5-11(6-8-12)9-10-14(2,3)4;1-3-8-4-6-9(10-2)7-5-8;1-9-7-4-2-6(8)3-5-7;1-7(2,3)13-6(11)9-4-5(8)10-12;1-7(2,3)12-6(10)8-4-5-9-11;1-7(2,3)11-6(10)8-4-5-9/h3-9,20H,10H2,1-2H3,(H,21,24);2-8H,9H2,(H,19,21);5-8H,2-4H3;1,4-7H;2-5H;12H,4H2,1-3H3,(H,9,11);5,11H,4H2,1-3H3,(H,8,10);5H,4H2,1-3H3,(H,8,10)/b;;;;;10-5-;9-5+;. The highest BCUT2D eigenvalue weighted by Crippen LogP contribution is 2.27. The number of carbonyl (C=O) groups is 6. The van der Waals surface area contributed by atoms with E-state index in [1.54, 1.807) is 176 Å². The number of benzene rings is 5. The number of nitrogens with zero attached hydrogens (tertiary/aromatic N) is 9. The summed E-state index contributed by atoms with van der Waals surface area (Å²) in [6.45, 7) is 50.1. The van der Waals surface area contributed by atoms with Crippen LogP contribution in [0.3, 0.4) is 0 Å². The van der Waals surface area contributed by atoms with E-state index in [9.17, 15) is 28.8 Å². The summed E-state index contributed by atoms with van der Waals surface area (Å²) < 4.78 is 27.4. The molecule has 9 rings (SSSR count). The van der Waals surface area contributed by atoms with Gasteiger partial charge in [-0.3, -0.25) is 15.0 Å². The highest BCUT2D eigenvalue weighted by molar-refractivity contribution is 9.10. The highest BCUT2D eigenvalue weighted by atomic mass is 79.9. The topological polar surface area (TPSA) is 352 Å². The molecule has 4 heterocycles. The number of thiophene rings is 2. The van der Waals surface area contributed by atoms with Crippen LogP contribution >= 0.6 is 73.4 Å². The number of carbonyl (C=O) groups excluding carboxylic acids is 6. The van der Waals surface area contributed by atoms with Crippen molar-refractivity contribution in [2.24, 2.45) is 10.3 Å². The van der Waals surface area contributed by atoms with Crippen LogP contribution in [-0.2, 0) is 32.1 Å². The van der Waals surface area contributed by atoms with E-state index in [1.165, 1.54) is 22.7 Å². The number of amidine groups is 1. The van der Waals surface area contributed by atoms with Crippen LogP contribution in [0.25, 0.3) is 42.0 Å². The van der Waals surface area contributed by atoms with E-state index in [1.807, 2.05) is 62.6 Å². The van der Waals surface area contributed by atoms with Crippen molar-refractivity contribution in [3.05, 3.63) is 254 Å². The first-order chi connectivity index (χ1) is 55.5. The van der Waals surface area contributed by atoms with E-state index in [4.69, 9.17) is 107 Å². The van der Waals surface area contributed by atoms with Crippen molar-refractivity contribution < 1.29 is 62.4 Å². The Balaban J connectivity index is 0.000000472. The molecule has 5 aromatic carbocycles. The van der Waals surface area contributed by atoms with Gasteiger partial charge < -0.3 is 69.9 Å². The predicted molar refractivity (Wildman–Crippen MR) is 470 cm³/mol. The zero-order valence-corrected chi connectivity index (χ0v) is 73.5. The third kappa shape index (κ3) is 45.5. The van der Waals surface area contributed by atoms with Gasteiger partial charge >= 0.3 is 18.3 Å². The third-order valence-electron chi connectivity index (χ3n) is 12.9. The van der Waals surface area contributed by atoms with Gasteiger partial charge in [0.2, 0.25) is 0 Å². The Morgan fingerprint density at radius 1 is 0.593 bits per heavy atom. The molecule has 0 unspecified atom stereocenters. The monoisotopic (exact) mass is 1780 g/mol. The van der Waals surface area contributed by atoms with Crippen molar-refractivity contribution in [2.45, 2.75) is 112 Å². The molecule has 0 saturated heterocycles. The first-order valence-corrected chi connectivity index (χ1v) is 41.9. The smallest absolute Gasteiger partial charge is 0.408 e. The lowest BCUT2D eigenvalue weighted by molar-refractivity contribution is -0.107. The molecule has 5 amide bonds. The molecule has 118 heavy (non-hydrogen) atoms. The van der Waals surface area contributed by atoms with E-state index < -0.39 is 43.2 Å². The second-order valence-corrected chi connectivity index (χ2v) is 37.1. The fourth-order valence-electron chi connectivity index (χ4n) is 7.65. The van der Waals surface area contributed by atoms with Crippen molar-refractivity contribution in [2.75, 3.05) is 33.7 Å². The molecule has 0 atom stereocenters. The van der Waals surface area contributed by atoms with E-state index in [2.05, 4.69) is 120 Å². The second kappa shape index (κ2) is 52.8. The van der Waals surface area contributed by atoms with Gasteiger partial charge in [0.05, 0.1) is 83.7 Å². The lowest BCUT2D eigenvalue weighted by atomic mass is 10.1. The molecule has 28 nitrogen and oxygen atoms in total. The van der Waals surface area contributed by atoms with Crippen molar-refractivity contribution >= 4 is 158 Å². The van der Waals surface area contributed by atoms with Crippen molar-refractivity contribution in [3.8, 4) is 46.5 Å². The summed E-state index contributed by atoms with van der Waals surface area (Å²) in [7, 11) is 2.38. The largest absolute Gasteiger partial charge is 0.444 e. The third-order valence-corrected chi connectivity index (χ3v) is 16.9. The fourth-order valence-corrected chi connectivity index (χ4v) is 10.4. The number of aromatic nitrogens is 2. The first-order valence-electron chi connectivity index (χ1n) is 34.8. The Morgan fingerprint density at radius 3 is 1.31 bits per heavy atom. The molecule has 0 bridgehead atoms. The summed E-state index contributed by atoms with van der Waals surface area (Å²) in [5.41, 5.74) is 9.83. The van der Waals surface area contributed by atoms with Gasteiger partial charge in [-0.25, -0.2) is 33.8 Å². The van der Waals surface area contributed by atoms with Crippen LogP contribution in [0.15, 0.2) is 182 Å². The van der Waals surface area contributed by atoms with Gasteiger partial charge in [-0.1, -0.05) is 219 Å². The maximum atomic E-state index is 12.0. The summed E-state index contributed by atoms with van der Waals surface area (Å²) in [6.07, 6.45) is 5.18. The molecule has 0 fully saturated rings. The van der Waals surface area contributed by atoms with Crippen molar-refractivity contribution in [1.29, 1.82) is 5.41 Å². The Hall–Kier alpha value is -12.6. The quantitative estimate of drug-likeness (QED) is 0.00544. The van der Waals surface area contributed by atoms with Gasteiger partial charge in [-0.05, 0) is 86.6 Å². The van der Waals surface area contributed by atoms with Gasteiger partial charge in [0.25, 0.3) is 11.8 Å². The lowest BCUT2D eigenvalue weighted by Gasteiger charge is -2.19. The fraction of sp³-hybridized carbons (Fsp3) is 0.265. The molecule has 8 N–H and O–H groups in total. The average Bonchev–Trinajstić information content (AvgIpc) is 1.84. The van der Waals surface area contributed by atoms with Gasteiger partial charge in [-0.2, -0.15) is 0 Å². The zero-order chi connectivity index (χ0) is 88.6. The summed E-state index contributed by atoms with van der Waals surface area (Å²) in [6, 6.07) is 46.4. The van der Waals surface area contributed by atoms with Crippen LogP contribution in [0.5, 0.6) is 0 Å². The zero-order valence-electron chi connectivity index (χ0n) is 67.0. The molecule has 618 valence electrons. The van der Waals surface area contributed by atoms with Gasteiger partial charge in [0.1, 0.15) is 48.4 Å². The van der Waals surface area contributed by atoms with Gasteiger partial charge in [0, 0.05) is 58.5 Å². The molecular weight excluding hydrogens is 1690 g/mol. The second-order valence-electron chi connectivity index (χ2n) is 27.5. The van der Waals surface area contributed by atoms with Gasteiger partial charge in [-0.15, -0.1) is 39.8 Å². The van der Waals surface area contributed by atoms with Crippen LogP contribution in [0.4, 0.5) is 37.1 Å². The SMILES string of the molecule is CC(C)(C)OC(=O)NC/C(Cl)=N/O.CC(C)(C)OC(=O)NC/C=N/O.CC(C)(C)OC(=O)NCC=O.CN(C)C(=N)c1ccc(-c2cc(CNC(=O)c3ccc(Cl)s3)no2)cc1.[C-]#[N+]c1ccc(-c2cc(CNC(=O)c3ccc(Cl)s3)no2)cc1.[C-]#[N+]c1ccc(Br)cc1.[C-]#[N+]c1ccc(C#C)cc1.[C-]#[N+]c1ccc(C#C[Si](C)(C)C)cc1. The number of ether oxygens (including phenoxy) is 3. The molecule has 0 saturated carbocycles. The summed E-state index contributed by atoms with van der Waals surface area (Å²) in [5, 5.41) is 49.8. The number of oxime groups is 2. The predicted octanol–water partition coefficient (Wildman–Crippen LogP) is 20.3. The Morgan fingerprint density at radius 2 is 0.966 bits per heavy atom. The molecule has 35 heteroatoms. The average molecular weight is 1780 g/mol. The molecule has 0 spiro atoms. The minimum Gasteiger partial charge on any atom is -0.444 e. The molecule has 0 radical (unpaired) electrons. The van der Waals surface area contributed by atoms with Crippen molar-refractivity contribution in [3.63, 3.8) is 0 Å². The normalized spacial score (nSPS) is 10.3. The first kappa shape index (κ1) is 101. The lowest BCUT2D eigenvalue weighted by Crippen LogP contribution is -2.34. The summed E-state index contributed by atoms with van der Waals surface area (Å²) in [4.78, 5) is 82.3. The number of hydrogen-bond donors (Lipinski definition) is 8. The number of halogens is 4. The minimum atomic E-state index is -1.28. The van der Waals surface area contributed by atoms with Crippen molar-refractivity contribution in [1.82, 2.24) is 41.8 Å². The summed E-state index contributed by atoms with van der Waals surface area (Å²) in [5.74, 6) is 6.85. The number of terminal acetylenes is 1. The molecule has 0 aliphatic carbocycles. The number of amides is 5. The van der Waals surface area contributed by atoms with E-state index in [-0.39, 0.29) is 49.7 Å². The molecule has 0 aliphatic heterocycles. The number of hydrogen-bond acceptors (Lipinski definition) is 20. The van der Waals surface area contributed by atoms with Crippen LogP contribution < -0.4 is 26.6 Å². The highest BCUT2D eigenvalue weighted by Gasteiger charge is 2.19. The van der Waals surface area contributed by atoms with Crippen LogP contribution in [0.1, 0.15) is 110 Å². The Bertz CT molecular complexity index is 5030. The number of alkyl carbamates (subject to hydrolysis) is 3. The molecule has 9 aromatic rings. The van der Waals surface area contributed by atoms with Crippen LogP contribution in [0.2, 0.25) is 28.3 Å². The molecular formula is C83H89BrCl3N15O13S2Si. The molecule has 0 aliphatic rings. The van der Waals surface area contributed by atoms with E-state index >= 15 is 0 Å². The minimum absolute atomic E-state index is 0.00505. The maximum Gasteiger partial charge on any atom is 0.408 e. The summed E-state index contributed by atoms with van der Waals surface area (Å²) >= 11 is 22.7. The van der Waals surface area contributed by atoms with Gasteiger partial charge in [0.15, 0.2) is 39.4 Å². The van der Waals surface area contributed by atoms with E-state index in [0.29, 0.717) is 76.2 Å². The number of nitrogens with one attached hydrogen (secondary N) is 6. The van der Waals surface area contributed by atoms with Crippen LogP contribution in [0, 0.1) is 55.5 Å². The Labute approximate surface area is 719 Å². The maximum absolute atomic E-state index is 12.0. The molecule has 4 aromatic heterocycles. The van der Waals surface area contributed by atoms with Crippen LogP contribution in [-0.4, -0.2) is 138 Å². The van der Waals surface area contributed by atoms with E-state index in [0.717, 1.165) is 38.5 Å². The Kier molecular flexibility index (Phi) is 45.4. The number of aldehydes is 1.